The third kappa shape index (κ3) is 12.1. The van der Waals surface area contributed by atoms with Crippen LogP contribution in [0.25, 0.3) is 0 Å². The van der Waals surface area contributed by atoms with Gasteiger partial charge in [-0.05, 0) is 46.8 Å². The molecule has 0 aromatic rings. The fourth-order valence-corrected chi connectivity index (χ4v) is 2.56. The van der Waals surface area contributed by atoms with E-state index >= 15 is 0 Å². The van der Waals surface area contributed by atoms with Crippen LogP contribution in [-0.2, 0) is 19.0 Å². The molecular formula is C15H29NO6S. The zero-order valence-electron chi connectivity index (χ0n) is 14.6. The molecule has 0 saturated heterocycles. The van der Waals surface area contributed by atoms with Crippen LogP contribution in [0.4, 0.5) is 4.79 Å². The lowest BCUT2D eigenvalue weighted by atomic mass is 10.2. The quantitative estimate of drug-likeness (QED) is 0.436. The molecule has 0 saturated carbocycles. The highest BCUT2D eigenvalue weighted by atomic mass is 32.2. The van der Waals surface area contributed by atoms with Crippen molar-refractivity contribution in [1.29, 1.82) is 0 Å². The molecule has 7 nitrogen and oxygen atoms in total. The first kappa shape index (κ1) is 22.0. The Morgan fingerprint density at radius 2 is 1.74 bits per heavy atom. The number of nitrogens with one attached hydrogen (secondary N) is 1. The Labute approximate surface area is 142 Å². The van der Waals surface area contributed by atoms with Gasteiger partial charge in [-0.2, -0.15) is 11.8 Å². The van der Waals surface area contributed by atoms with Crippen LogP contribution in [0.5, 0.6) is 0 Å². The van der Waals surface area contributed by atoms with E-state index in [1.54, 1.807) is 20.8 Å². The minimum Gasteiger partial charge on any atom is -0.480 e. The molecule has 0 bridgehead atoms. The van der Waals surface area contributed by atoms with Crippen LogP contribution in [-0.4, -0.2) is 59.8 Å². The molecule has 1 amide bonds. The number of alkyl carbamates (subject to hydrolysis) is 1. The SMILES string of the molecule is CCOC(CSCCC(NC(=O)OC(C)(C)C)C(=O)O)OCC. The van der Waals surface area contributed by atoms with Gasteiger partial charge in [0.15, 0.2) is 6.29 Å². The number of carbonyl (C=O) groups is 2. The zero-order chi connectivity index (χ0) is 17.9. The van der Waals surface area contributed by atoms with Crippen molar-refractivity contribution in [2.75, 3.05) is 24.7 Å². The number of hydrogen-bond donors (Lipinski definition) is 2. The van der Waals surface area contributed by atoms with Crippen molar-refractivity contribution < 1.29 is 28.9 Å². The van der Waals surface area contributed by atoms with E-state index in [1.807, 2.05) is 13.8 Å². The summed E-state index contributed by atoms with van der Waals surface area (Å²) >= 11 is 1.52. The third-order valence-electron chi connectivity index (χ3n) is 2.50. The minimum absolute atomic E-state index is 0.294. The number of thioether (sulfide) groups is 1. The maximum atomic E-state index is 11.6. The second kappa shape index (κ2) is 11.5. The largest absolute Gasteiger partial charge is 0.480 e. The van der Waals surface area contributed by atoms with E-state index in [0.717, 1.165) is 0 Å². The molecule has 0 heterocycles. The molecule has 2 N–H and O–H groups in total. The number of aliphatic carboxylic acids is 1. The van der Waals surface area contributed by atoms with Crippen LogP contribution in [0, 0.1) is 0 Å². The van der Waals surface area contributed by atoms with E-state index in [1.165, 1.54) is 11.8 Å². The predicted octanol–water partition coefficient (Wildman–Crippen LogP) is 2.49. The van der Waals surface area contributed by atoms with Gasteiger partial charge in [-0.1, -0.05) is 0 Å². The van der Waals surface area contributed by atoms with E-state index in [2.05, 4.69) is 5.32 Å². The summed E-state index contributed by atoms with van der Waals surface area (Å²) in [4.78, 5) is 22.8. The third-order valence-corrected chi connectivity index (χ3v) is 3.53. The van der Waals surface area contributed by atoms with Crippen LogP contribution < -0.4 is 5.32 Å². The highest BCUT2D eigenvalue weighted by Gasteiger charge is 2.23. The number of amides is 1. The first-order valence-electron chi connectivity index (χ1n) is 7.72. The average Bonchev–Trinajstić information content (AvgIpc) is 2.40. The van der Waals surface area contributed by atoms with E-state index < -0.39 is 23.7 Å². The van der Waals surface area contributed by atoms with Gasteiger partial charge in [-0.3, -0.25) is 0 Å². The van der Waals surface area contributed by atoms with Gasteiger partial charge in [0.1, 0.15) is 11.6 Å². The number of rotatable bonds is 11. The Hall–Kier alpha value is -0.990. The fourth-order valence-electron chi connectivity index (χ4n) is 1.60. The van der Waals surface area contributed by atoms with Gasteiger partial charge >= 0.3 is 12.1 Å². The summed E-state index contributed by atoms with van der Waals surface area (Å²) in [6.45, 7) is 10.1. The Kier molecular flexibility index (Phi) is 11.0. The normalized spacial score (nSPS) is 13.0. The summed E-state index contributed by atoms with van der Waals surface area (Å²) in [7, 11) is 0. The molecule has 0 aliphatic carbocycles. The van der Waals surface area contributed by atoms with Crippen LogP contribution in [0.2, 0.25) is 0 Å². The van der Waals surface area contributed by atoms with Gasteiger partial charge in [0, 0.05) is 19.0 Å². The summed E-state index contributed by atoms with van der Waals surface area (Å²) in [6.07, 6.45) is -0.724. The summed E-state index contributed by atoms with van der Waals surface area (Å²) in [5.74, 6) is 0.0896. The topological polar surface area (TPSA) is 94.1 Å². The smallest absolute Gasteiger partial charge is 0.408 e. The lowest BCUT2D eigenvalue weighted by Crippen LogP contribution is -2.43. The molecule has 1 atom stereocenters. The standard InChI is InChI=1S/C15H29NO6S/c1-6-20-12(21-7-2)10-23-9-8-11(13(17)18)16-14(19)22-15(3,4)5/h11-12H,6-10H2,1-5H3,(H,16,19)(H,17,18). The van der Waals surface area contributed by atoms with Crippen molar-refractivity contribution in [3.63, 3.8) is 0 Å². The second-order valence-corrected chi connectivity index (χ2v) is 6.89. The molecule has 0 aromatic heterocycles. The molecule has 0 aliphatic rings. The number of carbonyl (C=O) groups excluding carboxylic acids is 1. The zero-order valence-corrected chi connectivity index (χ0v) is 15.4. The van der Waals surface area contributed by atoms with E-state index in [9.17, 15) is 9.59 Å². The minimum atomic E-state index is -1.08. The van der Waals surface area contributed by atoms with Gasteiger partial charge in [0.2, 0.25) is 0 Å². The molecule has 0 rings (SSSR count). The molecule has 0 aliphatic heterocycles. The van der Waals surface area contributed by atoms with Gasteiger partial charge in [-0.15, -0.1) is 0 Å². The van der Waals surface area contributed by atoms with Gasteiger partial charge < -0.3 is 24.6 Å². The summed E-state index contributed by atoms with van der Waals surface area (Å²) in [5, 5.41) is 11.5. The van der Waals surface area contributed by atoms with Gasteiger partial charge in [0.25, 0.3) is 0 Å². The van der Waals surface area contributed by atoms with Crippen molar-refractivity contribution in [3.8, 4) is 0 Å². The van der Waals surface area contributed by atoms with Gasteiger partial charge in [0.05, 0.1) is 0 Å². The van der Waals surface area contributed by atoms with Crippen molar-refractivity contribution in [2.24, 2.45) is 0 Å². The number of carboxylic acid groups (broad SMARTS) is 1. The van der Waals surface area contributed by atoms with E-state index in [4.69, 9.17) is 19.3 Å². The maximum absolute atomic E-state index is 11.6. The number of hydrogen-bond acceptors (Lipinski definition) is 6. The van der Waals surface area contributed by atoms with Crippen molar-refractivity contribution in [2.45, 2.75) is 59.0 Å². The van der Waals surface area contributed by atoms with Crippen molar-refractivity contribution in [1.82, 2.24) is 5.32 Å². The molecule has 23 heavy (non-hydrogen) atoms. The second-order valence-electron chi connectivity index (χ2n) is 5.74. The molecule has 0 spiro atoms. The molecule has 0 radical (unpaired) electrons. The molecule has 136 valence electrons. The Morgan fingerprint density at radius 3 is 2.17 bits per heavy atom. The number of carboxylic acids is 1. The Bertz CT molecular complexity index is 352. The monoisotopic (exact) mass is 351 g/mol. The highest BCUT2D eigenvalue weighted by molar-refractivity contribution is 7.99. The first-order valence-corrected chi connectivity index (χ1v) is 8.88. The molecule has 1 unspecified atom stereocenters. The van der Waals surface area contributed by atoms with Crippen LogP contribution in [0.15, 0.2) is 0 Å². The molecule has 0 aromatic carbocycles. The van der Waals surface area contributed by atoms with Gasteiger partial charge in [-0.25, -0.2) is 9.59 Å². The molecule has 8 heteroatoms. The van der Waals surface area contributed by atoms with Crippen LogP contribution in [0.3, 0.4) is 0 Å². The lowest BCUT2D eigenvalue weighted by molar-refractivity contribution is -0.139. The molecular weight excluding hydrogens is 322 g/mol. The predicted molar refractivity (Wildman–Crippen MR) is 89.8 cm³/mol. The Morgan fingerprint density at radius 1 is 1.17 bits per heavy atom. The van der Waals surface area contributed by atoms with Crippen LogP contribution >= 0.6 is 11.8 Å². The van der Waals surface area contributed by atoms with Crippen molar-refractivity contribution >= 4 is 23.8 Å². The summed E-state index contributed by atoms with van der Waals surface area (Å²) in [5.41, 5.74) is -0.663. The first-order chi connectivity index (χ1) is 10.7. The van der Waals surface area contributed by atoms with E-state index in [0.29, 0.717) is 31.1 Å². The highest BCUT2D eigenvalue weighted by Crippen LogP contribution is 2.12. The number of ether oxygens (including phenoxy) is 3. The van der Waals surface area contributed by atoms with E-state index in [-0.39, 0.29) is 6.29 Å². The Balaban J connectivity index is 4.19. The summed E-state index contributed by atoms with van der Waals surface area (Å²) in [6, 6.07) is -0.977. The molecule has 0 fully saturated rings. The lowest BCUT2D eigenvalue weighted by Gasteiger charge is -2.22. The average molecular weight is 351 g/mol. The fraction of sp³-hybridized carbons (Fsp3) is 0.867. The summed E-state index contributed by atoms with van der Waals surface area (Å²) < 4.78 is 15.9. The van der Waals surface area contributed by atoms with Crippen LogP contribution in [0.1, 0.15) is 41.0 Å². The maximum Gasteiger partial charge on any atom is 0.408 e. The van der Waals surface area contributed by atoms with Crippen molar-refractivity contribution in [3.05, 3.63) is 0 Å².